The van der Waals surface area contributed by atoms with Gasteiger partial charge < -0.3 is 10.3 Å². The van der Waals surface area contributed by atoms with Gasteiger partial charge in [0.25, 0.3) is 5.91 Å². The first-order chi connectivity index (χ1) is 10.8. The van der Waals surface area contributed by atoms with Crippen molar-refractivity contribution < 1.29 is 4.79 Å². The normalized spacial score (nSPS) is 10.9. The van der Waals surface area contributed by atoms with Crippen molar-refractivity contribution in [2.45, 2.75) is 0 Å². The minimum absolute atomic E-state index is 0.194. The molecule has 0 bridgehead atoms. The molecule has 1 amide bonds. The van der Waals surface area contributed by atoms with E-state index in [0.29, 0.717) is 11.4 Å². The van der Waals surface area contributed by atoms with Gasteiger partial charge in [0.15, 0.2) is 0 Å². The van der Waals surface area contributed by atoms with Gasteiger partial charge in [-0.25, -0.2) is 9.97 Å². The van der Waals surface area contributed by atoms with E-state index < -0.39 is 0 Å². The standard InChI is InChI=1S/C17H12N4O/c22-17(12-5-6-14-15(9-12)20-10-19-14)21-16-13-4-2-1-3-11(13)7-8-18-16/h1-10H,(H,19,20)(H,18,21,22). The highest BCUT2D eigenvalue weighted by Gasteiger charge is 2.10. The van der Waals surface area contributed by atoms with Crippen molar-refractivity contribution in [2.75, 3.05) is 5.32 Å². The number of nitrogens with one attached hydrogen (secondary N) is 2. The minimum Gasteiger partial charge on any atom is -0.345 e. The van der Waals surface area contributed by atoms with Crippen LogP contribution in [0.5, 0.6) is 0 Å². The molecule has 0 radical (unpaired) electrons. The van der Waals surface area contributed by atoms with Crippen LogP contribution in [-0.2, 0) is 0 Å². The first-order valence-electron chi connectivity index (χ1n) is 6.89. The molecule has 5 nitrogen and oxygen atoms in total. The van der Waals surface area contributed by atoms with Crippen LogP contribution in [0.4, 0.5) is 5.82 Å². The van der Waals surface area contributed by atoms with Crippen molar-refractivity contribution in [1.82, 2.24) is 15.0 Å². The Morgan fingerprint density at radius 2 is 1.95 bits per heavy atom. The van der Waals surface area contributed by atoms with E-state index in [1.807, 2.05) is 36.4 Å². The van der Waals surface area contributed by atoms with E-state index in [4.69, 9.17) is 0 Å². The molecule has 5 heteroatoms. The number of H-pyrrole nitrogens is 1. The van der Waals surface area contributed by atoms with Gasteiger partial charge in [0.2, 0.25) is 0 Å². The Kier molecular flexibility index (Phi) is 2.83. The summed E-state index contributed by atoms with van der Waals surface area (Å²) < 4.78 is 0. The van der Waals surface area contributed by atoms with Crippen LogP contribution >= 0.6 is 0 Å². The lowest BCUT2D eigenvalue weighted by Gasteiger charge is -2.07. The van der Waals surface area contributed by atoms with Crippen LogP contribution in [0.25, 0.3) is 21.8 Å². The number of pyridine rings is 1. The Morgan fingerprint density at radius 3 is 2.91 bits per heavy atom. The number of rotatable bonds is 2. The molecule has 0 saturated heterocycles. The van der Waals surface area contributed by atoms with Crippen LogP contribution in [0, 0.1) is 0 Å². The number of carbonyl (C=O) groups is 1. The molecule has 4 aromatic rings. The van der Waals surface area contributed by atoms with Gasteiger partial charge in [-0.3, -0.25) is 4.79 Å². The second-order valence-electron chi connectivity index (χ2n) is 4.97. The number of benzene rings is 2. The molecule has 0 unspecified atom stereocenters. The SMILES string of the molecule is O=C(Nc1nccc2ccccc12)c1ccc2nc[nH]c2c1. The van der Waals surface area contributed by atoms with Gasteiger partial charge in [-0.05, 0) is 29.7 Å². The van der Waals surface area contributed by atoms with Crippen molar-refractivity contribution in [3.63, 3.8) is 0 Å². The summed E-state index contributed by atoms with van der Waals surface area (Å²) in [6.07, 6.45) is 3.30. The maximum Gasteiger partial charge on any atom is 0.256 e. The van der Waals surface area contributed by atoms with Crippen LogP contribution in [0.2, 0.25) is 0 Å². The van der Waals surface area contributed by atoms with E-state index in [-0.39, 0.29) is 5.91 Å². The number of nitrogens with zero attached hydrogens (tertiary/aromatic N) is 2. The smallest absolute Gasteiger partial charge is 0.256 e. The lowest BCUT2D eigenvalue weighted by Crippen LogP contribution is -2.13. The Bertz CT molecular complexity index is 985. The molecule has 0 atom stereocenters. The molecule has 0 spiro atoms. The van der Waals surface area contributed by atoms with E-state index in [2.05, 4.69) is 20.3 Å². The zero-order valence-corrected chi connectivity index (χ0v) is 11.6. The van der Waals surface area contributed by atoms with Crippen LogP contribution in [0.1, 0.15) is 10.4 Å². The number of fused-ring (bicyclic) bond motifs is 2. The first-order valence-corrected chi connectivity index (χ1v) is 6.89. The number of aromatic nitrogens is 3. The van der Waals surface area contributed by atoms with Gasteiger partial charge in [0, 0.05) is 17.1 Å². The number of imidazole rings is 1. The Balaban J connectivity index is 1.71. The number of amides is 1. The number of carbonyl (C=O) groups excluding carboxylic acids is 1. The van der Waals surface area contributed by atoms with Gasteiger partial charge in [-0.1, -0.05) is 24.3 Å². The van der Waals surface area contributed by atoms with Crippen molar-refractivity contribution in [3.05, 3.63) is 66.6 Å². The molecule has 0 aliphatic heterocycles. The molecule has 0 fully saturated rings. The summed E-state index contributed by atoms with van der Waals surface area (Å²) in [5.41, 5.74) is 2.23. The summed E-state index contributed by atoms with van der Waals surface area (Å²) in [4.78, 5) is 23.9. The Hall–Kier alpha value is -3.21. The van der Waals surface area contributed by atoms with E-state index >= 15 is 0 Å². The largest absolute Gasteiger partial charge is 0.345 e. The fourth-order valence-electron chi connectivity index (χ4n) is 2.48. The molecule has 2 N–H and O–H groups in total. The van der Waals surface area contributed by atoms with E-state index in [0.717, 1.165) is 21.8 Å². The third-order valence-corrected chi connectivity index (χ3v) is 3.59. The second kappa shape index (κ2) is 4.96. The summed E-state index contributed by atoms with van der Waals surface area (Å²) in [5.74, 6) is 0.369. The van der Waals surface area contributed by atoms with Gasteiger partial charge >= 0.3 is 0 Å². The maximum atomic E-state index is 12.4. The van der Waals surface area contributed by atoms with E-state index in [9.17, 15) is 4.79 Å². The molecule has 2 aromatic heterocycles. The monoisotopic (exact) mass is 288 g/mol. The molecule has 0 aliphatic carbocycles. The molecular weight excluding hydrogens is 276 g/mol. The average molecular weight is 288 g/mol. The predicted molar refractivity (Wildman–Crippen MR) is 85.8 cm³/mol. The summed E-state index contributed by atoms with van der Waals surface area (Å²) in [6.45, 7) is 0. The third-order valence-electron chi connectivity index (χ3n) is 3.59. The number of hydrogen-bond acceptors (Lipinski definition) is 3. The predicted octanol–water partition coefficient (Wildman–Crippen LogP) is 3.36. The Morgan fingerprint density at radius 1 is 1.05 bits per heavy atom. The fraction of sp³-hybridized carbons (Fsp3) is 0. The molecule has 2 heterocycles. The van der Waals surface area contributed by atoms with Crippen LogP contribution in [0.3, 0.4) is 0 Å². The van der Waals surface area contributed by atoms with Gasteiger partial charge in [-0.2, -0.15) is 0 Å². The lowest BCUT2D eigenvalue weighted by atomic mass is 10.1. The number of hydrogen-bond donors (Lipinski definition) is 2. The van der Waals surface area contributed by atoms with E-state index in [1.165, 1.54) is 0 Å². The molecule has 0 aliphatic rings. The van der Waals surface area contributed by atoms with Crippen LogP contribution in [0.15, 0.2) is 61.1 Å². The Labute approximate surface area is 126 Å². The van der Waals surface area contributed by atoms with Crippen molar-refractivity contribution in [3.8, 4) is 0 Å². The van der Waals surface area contributed by atoms with Crippen molar-refractivity contribution >= 4 is 33.5 Å². The molecule has 22 heavy (non-hydrogen) atoms. The highest BCUT2D eigenvalue weighted by Crippen LogP contribution is 2.21. The molecule has 2 aromatic carbocycles. The molecule has 106 valence electrons. The topological polar surface area (TPSA) is 70.7 Å². The molecule has 0 saturated carbocycles. The third kappa shape index (κ3) is 2.09. The summed E-state index contributed by atoms with van der Waals surface area (Å²) in [7, 11) is 0. The van der Waals surface area contributed by atoms with Gasteiger partial charge in [0.1, 0.15) is 5.82 Å². The highest BCUT2D eigenvalue weighted by atomic mass is 16.1. The van der Waals surface area contributed by atoms with Crippen molar-refractivity contribution in [2.24, 2.45) is 0 Å². The van der Waals surface area contributed by atoms with E-state index in [1.54, 1.807) is 24.7 Å². The fourth-order valence-corrected chi connectivity index (χ4v) is 2.48. The second-order valence-corrected chi connectivity index (χ2v) is 4.97. The first kappa shape index (κ1) is 12.5. The average Bonchev–Trinajstić information content (AvgIpc) is 3.02. The maximum absolute atomic E-state index is 12.4. The molecular formula is C17H12N4O. The van der Waals surface area contributed by atoms with Gasteiger partial charge in [-0.15, -0.1) is 0 Å². The zero-order valence-electron chi connectivity index (χ0n) is 11.6. The lowest BCUT2D eigenvalue weighted by molar-refractivity contribution is 0.102. The van der Waals surface area contributed by atoms with Crippen molar-refractivity contribution in [1.29, 1.82) is 0 Å². The zero-order chi connectivity index (χ0) is 14.9. The number of aromatic amines is 1. The summed E-state index contributed by atoms with van der Waals surface area (Å²) in [6, 6.07) is 15.1. The van der Waals surface area contributed by atoms with Crippen LogP contribution < -0.4 is 5.32 Å². The number of anilines is 1. The summed E-state index contributed by atoms with van der Waals surface area (Å²) in [5, 5.41) is 4.83. The van der Waals surface area contributed by atoms with Gasteiger partial charge in [0.05, 0.1) is 17.4 Å². The quantitative estimate of drug-likeness (QED) is 0.594. The summed E-state index contributed by atoms with van der Waals surface area (Å²) >= 11 is 0. The highest BCUT2D eigenvalue weighted by molar-refractivity contribution is 6.09. The van der Waals surface area contributed by atoms with Crippen LogP contribution in [-0.4, -0.2) is 20.9 Å². The molecule has 4 rings (SSSR count). The minimum atomic E-state index is -0.194.